The molecular formula is C30H28N4O3. The van der Waals surface area contributed by atoms with E-state index >= 15 is 0 Å². The normalized spacial score (nSPS) is 14.6. The van der Waals surface area contributed by atoms with Crippen molar-refractivity contribution in [3.8, 4) is 11.3 Å². The Morgan fingerprint density at radius 1 is 0.946 bits per heavy atom. The number of nitrogens with one attached hydrogen (secondary N) is 2. The second kappa shape index (κ2) is 10.2. The van der Waals surface area contributed by atoms with E-state index in [1.165, 1.54) is 6.92 Å². The van der Waals surface area contributed by atoms with Crippen LogP contribution in [-0.4, -0.2) is 34.2 Å². The number of carbonyl (C=O) groups excluding carboxylic acids is 3. The van der Waals surface area contributed by atoms with Crippen LogP contribution >= 0.6 is 0 Å². The molecule has 0 fully saturated rings. The first-order chi connectivity index (χ1) is 17.9. The largest absolute Gasteiger partial charge is 0.335 e. The number of aromatic nitrogens is 1. The molecule has 1 unspecified atom stereocenters. The Bertz CT molecular complexity index is 1500. The van der Waals surface area contributed by atoms with E-state index in [1.54, 1.807) is 11.0 Å². The van der Waals surface area contributed by atoms with Gasteiger partial charge in [-0.15, -0.1) is 0 Å². The third-order valence-electron chi connectivity index (χ3n) is 6.82. The molecule has 7 nitrogen and oxygen atoms in total. The molecule has 3 aromatic carbocycles. The van der Waals surface area contributed by atoms with E-state index in [0.29, 0.717) is 28.7 Å². The molecule has 0 radical (unpaired) electrons. The Kier molecular flexibility index (Phi) is 6.68. The number of hydrazine groups is 1. The second-order valence-corrected chi connectivity index (χ2v) is 9.32. The monoisotopic (exact) mass is 492 g/mol. The summed E-state index contributed by atoms with van der Waals surface area (Å²) in [5.74, 6) is -0.894. The quantitative estimate of drug-likeness (QED) is 0.410. The molecule has 37 heavy (non-hydrogen) atoms. The molecule has 1 atom stereocenters. The lowest BCUT2D eigenvalue weighted by atomic mass is 9.90. The molecule has 1 aliphatic rings. The highest BCUT2D eigenvalue weighted by Gasteiger charge is 2.30. The van der Waals surface area contributed by atoms with Crippen LogP contribution in [-0.2, 0) is 16.0 Å². The molecule has 0 saturated heterocycles. The fourth-order valence-corrected chi connectivity index (χ4v) is 4.90. The fraction of sp³-hybridized carbons (Fsp3) is 0.200. The minimum absolute atomic E-state index is 0.0442. The number of para-hydroxylation sites is 1. The fourth-order valence-electron chi connectivity index (χ4n) is 4.90. The van der Waals surface area contributed by atoms with Gasteiger partial charge in [-0.25, -0.2) is 4.98 Å². The van der Waals surface area contributed by atoms with Gasteiger partial charge in [-0.3, -0.25) is 25.2 Å². The van der Waals surface area contributed by atoms with E-state index < -0.39 is 5.91 Å². The maximum atomic E-state index is 13.2. The predicted octanol–water partition coefficient (Wildman–Crippen LogP) is 4.51. The van der Waals surface area contributed by atoms with E-state index in [-0.39, 0.29) is 24.3 Å². The van der Waals surface area contributed by atoms with Gasteiger partial charge in [-0.05, 0) is 36.6 Å². The first-order valence-electron chi connectivity index (χ1n) is 12.3. The van der Waals surface area contributed by atoms with Crippen molar-refractivity contribution in [2.45, 2.75) is 32.7 Å². The van der Waals surface area contributed by atoms with Gasteiger partial charge >= 0.3 is 0 Å². The summed E-state index contributed by atoms with van der Waals surface area (Å²) in [4.78, 5) is 44.9. The minimum atomic E-state index is -0.437. The lowest BCUT2D eigenvalue weighted by molar-refractivity contribution is -0.133. The Labute approximate surface area is 215 Å². The van der Waals surface area contributed by atoms with Crippen molar-refractivity contribution < 1.29 is 14.4 Å². The molecule has 5 rings (SSSR count). The Morgan fingerprint density at radius 2 is 1.68 bits per heavy atom. The Balaban J connectivity index is 1.36. The zero-order chi connectivity index (χ0) is 25.9. The molecule has 3 amide bonds. The average molecular weight is 493 g/mol. The molecule has 0 saturated carbocycles. The zero-order valence-electron chi connectivity index (χ0n) is 20.8. The lowest BCUT2D eigenvalue weighted by Gasteiger charge is -2.36. The van der Waals surface area contributed by atoms with Gasteiger partial charge in [0.2, 0.25) is 11.8 Å². The molecule has 1 aromatic heterocycles. The third-order valence-corrected chi connectivity index (χ3v) is 6.82. The maximum absolute atomic E-state index is 13.2. The van der Waals surface area contributed by atoms with Crippen molar-refractivity contribution in [2.24, 2.45) is 0 Å². The second-order valence-electron chi connectivity index (χ2n) is 9.32. The summed E-state index contributed by atoms with van der Waals surface area (Å²) in [6.07, 6.45) is 0.797. The van der Waals surface area contributed by atoms with E-state index in [2.05, 4.69) is 10.9 Å². The van der Waals surface area contributed by atoms with Crippen molar-refractivity contribution in [2.75, 3.05) is 6.54 Å². The number of rotatable bonds is 4. The van der Waals surface area contributed by atoms with Crippen molar-refractivity contribution >= 4 is 28.6 Å². The summed E-state index contributed by atoms with van der Waals surface area (Å²) < 4.78 is 0. The van der Waals surface area contributed by atoms with Crippen LogP contribution in [0.15, 0.2) is 78.9 Å². The Hall–Kier alpha value is -4.52. The van der Waals surface area contributed by atoms with Gasteiger partial charge in [0.25, 0.3) is 5.91 Å². The van der Waals surface area contributed by atoms with Crippen LogP contribution in [0.4, 0.5) is 0 Å². The first-order valence-corrected chi connectivity index (χ1v) is 12.3. The summed E-state index contributed by atoms with van der Waals surface area (Å²) in [5, 5.41) is 0.689. The molecule has 0 aliphatic carbocycles. The van der Waals surface area contributed by atoms with Gasteiger partial charge in [0.1, 0.15) is 0 Å². The SMILES string of the molecule is CC(=O)N1CCc2ccccc2C1CC(=O)NNC(=O)c1cc(-c2ccc(C)cc2)nc2ccccc12. The van der Waals surface area contributed by atoms with Crippen LogP contribution in [0.3, 0.4) is 0 Å². The summed E-state index contributed by atoms with van der Waals surface area (Å²) in [6, 6.07) is 24.6. The average Bonchev–Trinajstić information content (AvgIpc) is 2.91. The van der Waals surface area contributed by atoms with Gasteiger partial charge in [0.05, 0.1) is 29.2 Å². The standard InChI is InChI=1S/C30H28N4O3/c1-19-11-13-22(14-12-19)27-17-25(24-9-5-6-10-26(24)31-27)30(37)33-32-29(36)18-28-23-8-4-3-7-21(23)15-16-34(28)20(2)35/h3-14,17,28H,15-16,18H2,1-2H3,(H,32,36)(H,33,37). The van der Waals surface area contributed by atoms with E-state index in [1.807, 2.05) is 79.7 Å². The van der Waals surface area contributed by atoms with Crippen molar-refractivity contribution in [1.82, 2.24) is 20.7 Å². The highest BCUT2D eigenvalue weighted by atomic mass is 16.2. The maximum Gasteiger partial charge on any atom is 0.270 e. The summed E-state index contributed by atoms with van der Waals surface area (Å²) >= 11 is 0. The number of carbonyl (C=O) groups is 3. The number of hydrogen-bond acceptors (Lipinski definition) is 4. The van der Waals surface area contributed by atoms with Gasteiger partial charge < -0.3 is 4.90 Å². The number of benzene rings is 3. The third kappa shape index (κ3) is 5.07. The van der Waals surface area contributed by atoms with Crippen LogP contribution in [0.5, 0.6) is 0 Å². The molecule has 2 heterocycles. The highest BCUT2D eigenvalue weighted by Crippen LogP contribution is 2.32. The van der Waals surface area contributed by atoms with E-state index in [9.17, 15) is 14.4 Å². The molecule has 0 bridgehead atoms. The molecular weight excluding hydrogens is 464 g/mol. The molecule has 2 N–H and O–H groups in total. The van der Waals surface area contributed by atoms with Gasteiger partial charge in [0, 0.05) is 24.4 Å². The van der Waals surface area contributed by atoms with Crippen LogP contribution in [0.2, 0.25) is 0 Å². The summed E-state index contributed by atoms with van der Waals surface area (Å²) in [6.45, 7) is 4.09. The van der Waals surface area contributed by atoms with E-state index in [4.69, 9.17) is 4.98 Å². The molecule has 4 aromatic rings. The Morgan fingerprint density at radius 3 is 2.46 bits per heavy atom. The van der Waals surface area contributed by atoms with Crippen LogP contribution in [0.25, 0.3) is 22.2 Å². The van der Waals surface area contributed by atoms with Gasteiger partial charge in [0.15, 0.2) is 0 Å². The van der Waals surface area contributed by atoms with Crippen molar-refractivity contribution in [3.63, 3.8) is 0 Å². The smallest absolute Gasteiger partial charge is 0.270 e. The zero-order valence-corrected chi connectivity index (χ0v) is 20.8. The van der Waals surface area contributed by atoms with Gasteiger partial charge in [-0.1, -0.05) is 72.3 Å². The number of hydrogen-bond donors (Lipinski definition) is 2. The molecule has 0 spiro atoms. The summed E-state index contributed by atoms with van der Waals surface area (Å²) in [5.41, 5.74) is 11.0. The number of amides is 3. The van der Waals surface area contributed by atoms with Crippen LogP contribution < -0.4 is 10.9 Å². The van der Waals surface area contributed by atoms with Crippen molar-refractivity contribution in [1.29, 1.82) is 0 Å². The van der Waals surface area contributed by atoms with Gasteiger partial charge in [-0.2, -0.15) is 0 Å². The van der Waals surface area contributed by atoms with Crippen LogP contribution in [0, 0.1) is 6.92 Å². The lowest BCUT2D eigenvalue weighted by Crippen LogP contribution is -2.45. The highest BCUT2D eigenvalue weighted by molar-refractivity contribution is 6.07. The number of fused-ring (bicyclic) bond motifs is 2. The van der Waals surface area contributed by atoms with E-state index in [0.717, 1.165) is 28.7 Å². The summed E-state index contributed by atoms with van der Waals surface area (Å²) in [7, 11) is 0. The number of aryl methyl sites for hydroxylation is 1. The first kappa shape index (κ1) is 24.2. The topological polar surface area (TPSA) is 91.4 Å². The predicted molar refractivity (Wildman–Crippen MR) is 142 cm³/mol. The molecule has 186 valence electrons. The minimum Gasteiger partial charge on any atom is -0.335 e. The molecule has 1 aliphatic heterocycles. The number of nitrogens with zero attached hydrogens (tertiary/aromatic N) is 2. The van der Waals surface area contributed by atoms with Crippen LogP contribution in [0.1, 0.15) is 46.4 Å². The van der Waals surface area contributed by atoms with Crippen molar-refractivity contribution in [3.05, 3.63) is 101 Å². The molecule has 7 heteroatoms. The number of pyridine rings is 1.